The van der Waals surface area contributed by atoms with Crippen molar-refractivity contribution in [2.75, 3.05) is 0 Å². The van der Waals surface area contributed by atoms with E-state index >= 15 is 0 Å². The van der Waals surface area contributed by atoms with Crippen molar-refractivity contribution < 1.29 is 0 Å². The Bertz CT molecular complexity index is 936. The fourth-order valence-corrected chi connectivity index (χ4v) is 4.21. The van der Waals surface area contributed by atoms with Crippen LogP contribution in [0, 0.1) is 12.3 Å². The van der Waals surface area contributed by atoms with E-state index in [0.29, 0.717) is 6.42 Å². The second-order valence-electron chi connectivity index (χ2n) is 6.73. The molecule has 29 heavy (non-hydrogen) atoms. The molecule has 0 radical (unpaired) electrons. The van der Waals surface area contributed by atoms with E-state index in [1.807, 2.05) is 26.0 Å². The van der Waals surface area contributed by atoms with Gasteiger partial charge in [-0.2, -0.15) is 0 Å². The van der Waals surface area contributed by atoms with Gasteiger partial charge in [0.15, 0.2) is 0 Å². The van der Waals surface area contributed by atoms with Crippen molar-refractivity contribution in [3.8, 4) is 12.3 Å². The molecule has 0 amide bonds. The molecule has 0 heteroatoms. The lowest BCUT2D eigenvalue weighted by molar-refractivity contribution is 0.750. The Morgan fingerprint density at radius 3 is 1.93 bits per heavy atom. The van der Waals surface area contributed by atoms with Gasteiger partial charge in [0.25, 0.3) is 0 Å². The minimum Gasteiger partial charge on any atom is -0.120 e. The van der Waals surface area contributed by atoms with Gasteiger partial charge in [0.05, 0.1) is 5.41 Å². The number of hydrogen-bond acceptors (Lipinski definition) is 0. The van der Waals surface area contributed by atoms with Crippen molar-refractivity contribution in [3.63, 3.8) is 0 Å². The van der Waals surface area contributed by atoms with Gasteiger partial charge < -0.3 is 0 Å². The van der Waals surface area contributed by atoms with Gasteiger partial charge in [-0.25, -0.2) is 0 Å². The molecule has 0 atom stereocenters. The average molecular weight is 379 g/mol. The normalized spacial score (nSPS) is 17.0. The maximum atomic E-state index is 5.50. The van der Waals surface area contributed by atoms with Crippen LogP contribution in [0.25, 0.3) is 0 Å². The standard InChI is InChI=1S/C29H30/c1-7-13-15-20-23(10-4)29(24-21-16-14-17-22-24)27(18-8-2)25(11-5)26(12-6)28(29)19-9-3/h1,8-12,14-22H,5-6,13H2,2-4H3/b18-8-,19-9-,20-15-,23-10+. The number of rotatable bonds is 8. The lowest BCUT2D eigenvalue weighted by atomic mass is 9.65. The molecule has 0 unspecified atom stereocenters. The van der Waals surface area contributed by atoms with E-state index in [1.165, 1.54) is 22.3 Å². The molecular weight excluding hydrogens is 348 g/mol. The Morgan fingerprint density at radius 1 is 0.966 bits per heavy atom. The topological polar surface area (TPSA) is 0 Å². The molecule has 2 rings (SSSR count). The summed E-state index contributed by atoms with van der Waals surface area (Å²) in [4.78, 5) is 0. The quantitative estimate of drug-likeness (QED) is 0.323. The Labute approximate surface area is 176 Å². The molecule has 0 fully saturated rings. The van der Waals surface area contributed by atoms with Gasteiger partial charge >= 0.3 is 0 Å². The van der Waals surface area contributed by atoms with Crippen LogP contribution in [-0.4, -0.2) is 0 Å². The van der Waals surface area contributed by atoms with Crippen molar-refractivity contribution in [3.05, 3.63) is 132 Å². The van der Waals surface area contributed by atoms with E-state index in [4.69, 9.17) is 6.42 Å². The number of allylic oxidation sites excluding steroid dienone is 14. The van der Waals surface area contributed by atoms with Gasteiger partial charge in [0, 0.05) is 6.42 Å². The predicted octanol–water partition coefficient (Wildman–Crippen LogP) is 7.58. The maximum Gasteiger partial charge on any atom is 0.0710 e. The summed E-state index contributed by atoms with van der Waals surface area (Å²) in [5.41, 5.74) is 6.53. The molecule has 0 N–H and O–H groups in total. The summed E-state index contributed by atoms with van der Waals surface area (Å²) < 4.78 is 0. The summed E-state index contributed by atoms with van der Waals surface area (Å²) in [5, 5.41) is 0. The van der Waals surface area contributed by atoms with E-state index in [0.717, 1.165) is 11.1 Å². The molecule has 0 bridgehead atoms. The highest BCUT2D eigenvalue weighted by Crippen LogP contribution is 2.55. The molecule has 1 aliphatic rings. The van der Waals surface area contributed by atoms with Crippen molar-refractivity contribution in [2.45, 2.75) is 32.6 Å². The minimum atomic E-state index is -0.465. The molecule has 146 valence electrons. The monoisotopic (exact) mass is 378 g/mol. The molecule has 0 aromatic heterocycles. The number of hydrogen-bond donors (Lipinski definition) is 0. The van der Waals surface area contributed by atoms with Crippen molar-refractivity contribution in [2.24, 2.45) is 0 Å². The zero-order chi connectivity index (χ0) is 21.3. The van der Waals surface area contributed by atoms with Crippen LogP contribution in [0.5, 0.6) is 0 Å². The van der Waals surface area contributed by atoms with Crippen LogP contribution in [0.1, 0.15) is 32.8 Å². The van der Waals surface area contributed by atoms with Crippen molar-refractivity contribution in [1.29, 1.82) is 0 Å². The Balaban J connectivity index is 3.09. The zero-order valence-corrected chi connectivity index (χ0v) is 17.8. The Hall–Kier alpha value is -3.30. The number of benzene rings is 1. The van der Waals surface area contributed by atoms with Crippen LogP contribution in [0.4, 0.5) is 0 Å². The molecule has 1 aliphatic carbocycles. The Kier molecular flexibility index (Phi) is 7.81. The van der Waals surface area contributed by atoms with Crippen molar-refractivity contribution in [1.82, 2.24) is 0 Å². The van der Waals surface area contributed by atoms with E-state index in [9.17, 15) is 0 Å². The second kappa shape index (κ2) is 10.3. The van der Waals surface area contributed by atoms with Gasteiger partial charge in [-0.3, -0.25) is 0 Å². The first-order chi connectivity index (χ1) is 14.2. The minimum absolute atomic E-state index is 0.465. The maximum absolute atomic E-state index is 5.50. The third-order valence-electron chi connectivity index (χ3n) is 5.24. The van der Waals surface area contributed by atoms with Crippen LogP contribution < -0.4 is 0 Å². The van der Waals surface area contributed by atoms with E-state index in [1.54, 1.807) is 0 Å². The first kappa shape index (κ1) is 22.0. The molecule has 1 aromatic rings. The summed E-state index contributed by atoms with van der Waals surface area (Å²) in [7, 11) is 0. The average Bonchev–Trinajstić information content (AvgIpc) is 3.02. The predicted molar refractivity (Wildman–Crippen MR) is 129 cm³/mol. The van der Waals surface area contributed by atoms with Crippen LogP contribution >= 0.6 is 0 Å². The lowest BCUT2D eigenvalue weighted by Gasteiger charge is -2.36. The molecule has 0 saturated heterocycles. The van der Waals surface area contributed by atoms with Gasteiger partial charge in [0.2, 0.25) is 0 Å². The zero-order valence-electron chi connectivity index (χ0n) is 17.8. The summed E-state index contributed by atoms with van der Waals surface area (Å²) in [6.07, 6.45) is 25.0. The SMILES string of the molecule is C#CC/C=C\C(=C/C)C1(c2ccccc2)C(/C=C\C)=C(C=C)C(C=C)=C1/C=C\C. The summed E-state index contributed by atoms with van der Waals surface area (Å²) >= 11 is 0. The summed E-state index contributed by atoms with van der Waals surface area (Å²) in [6.45, 7) is 14.4. The fourth-order valence-electron chi connectivity index (χ4n) is 4.21. The first-order valence-electron chi connectivity index (χ1n) is 9.99. The molecular formula is C29H30. The summed E-state index contributed by atoms with van der Waals surface area (Å²) in [5.74, 6) is 2.70. The molecule has 0 nitrogen and oxygen atoms in total. The third-order valence-corrected chi connectivity index (χ3v) is 5.24. The van der Waals surface area contributed by atoms with Gasteiger partial charge in [-0.15, -0.1) is 12.3 Å². The third kappa shape index (κ3) is 3.82. The van der Waals surface area contributed by atoms with Crippen LogP contribution in [0.3, 0.4) is 0 Å². The molecule has 0 aliphatic heterocycles. The van der Waals surface area contributed by atoms with Gasteiger partial charge in [0.1, 0.15) is 0 Å². The Morgan fingerprint density at radius 2 is 1.52 bits per heavy atom. The molecule has 1 aromatic carbocycles. The molecule has 0 saturated carbocycles. The summed E-state index contributed by atoms with van der Waals surface area (Å²) in [6, 6.07) is 10.6. The van der Waals surface area contributed by atoms with Gasteiger partial charge in [-0.1, -0.05) is 98.2 Å². The molecule has 0 spiro atoms. The largest absolute Gasteiger partial charge is 0.120 e. The van der Waals surface area contributed by atoms with E-state index in [2.05, 4.69) is 98.9 Å². The van der Waals surface area contributed by atoms with E-state index in [-0.39, 0.29) is 0 Å². The smallest absolute Gasteiger partial charge is 0.0710 e. The van der Waals surface area contributed by atoms with Crippen molar-refractivity contribution >= 4 is 0 Å². The highest BCUT2D eigenvalue weighted by atomic mass is 14.5. The number of terminal acetylenes is 1. The van der Waals surface area contributed by atoms with Crippen LogP contribution in [0.15, 0.2) is 126 Å². The van der Waals surface area contributed by atoms with Gasteiger partial charge in [-0.05, 0) is 54.2 Å². The lowest BCUT2D eigenvalue weighted by Crippen LogP contribution is -2.30. The highest BCUT2D eigenvalue weighted by Gasteiger charge is 2.46. The van der Waals surface area contributed by atoms with Crippen LogP contribution in [0.2, 0.25) is 0 Å². The van der Waals surface area contributed by atoms with E-state index < -0.39 is 5.41 Å². The fraction of sp³-hybridized carbons (Fsp3) is 0.172. The second-order valence-corrected chi connectivity index (χ2v) is 6.73. The van der Waals surface area contributed by atoms with Crippen LogP contribution in [-0.2, 0) is 5.41 Å². The highest BCUT2D eigenvalue weighted by molar-refractivity contribution is 5.77. The molecule has 0 heterocycles. The first-order valence-corrected chi connectivity index (χ1v) is 9.99.